The van der Waals surface area contributed by atoms with Crippen LogP contribution in [0.5, 0.6) is 0 Å². The van der Waals surface area contributed by atoms with E-state index in [2.05, 4.69) is 10.3 Å². The minimum atomic E-state index is -4.48. The second-order valence-corrected chi connectivity index (χ2v) is 8.94. The standard InChI is InChI=1S/C23H26F3N3O3S/c1-5-32-21(31)19-14(4)28-22-29(17(12-33-22)10-18(30)27-11-13(2)3)20(19)15-6-8-16(9-7-15)23(24,25)26/h6-9,12-13,20H,5,10-11H2,1-4H3,(H,27,30). The van der Waals surface area contributed by atoms with Crippen LogP contribution in [-0.4, -0.2) is 35.1 Å². The number of aliphatic imine (C=N–C) groups is 1. The fourth-order valence-corrected chi connectivity index (χ4v) is 4.52. The Balaban J connectivity index is 2.00. The number of nitrogens with zero attached hydrogens (tertiary/aromatic N) is 2. The largest absolute Gasteiger partial charge is 0.463 e. The molecule has 1 aromatic rings. The molecule has 1 amide bonds. The molecule has 2 aliphatic heterocycles. The maximum atomic E-state index is 13.1. The number of nitrogens with one attached hydrogen (secondary N) is 1. The van der Waals surface area contributed by atoms with Gasteiger partial charge < -0.3 is 15.0 Å². The fraction of sp³-hybridized carbons (Fsp3) is 0.435. The molecule has 6 nitrogen and oxygen atoms in total. The van der Waals surface area contributed by atoms with Crippen LogP contribution in [0.4, 0.5) is 13.2 Å². The molecule has 0 radical (unpaired) electrons. The van der Waals surface area contributed by atoms with Gasteiger partial charge in [-0.05, 0) is 42.9 Å². The molecule has 2 aliphatic rings. The van der Waals surface area contributed by atoms with Crippen molar-refractivity contribution < 1.29 is 27.5 Å². The highest BCUT2D eigenvalue weighted by molar-refractivity contribution is 8.16. The number of rotatable bonds is 7. The topological polar surface area (TPSA) is 71.0 Å². The van der Waals surface area contributed by atoms with E-state index in [1.165, 1.54) is 23.9 Å². The molecule has 3 rings (SSSR count). The van der Waals surface area contributed by atoms with E-state index in [0.717, 1.165) is 12.1 Å². The minimum absolute atomic E-state index is 0.0467. The number of ether oxygens (including phenoxy) is 1. The lowest BCUT2D eigenvalue weighted by Gasteiger charge is -2.36. The Kier molecular flexibility index (Phi) is 7.56. The summed E-state index contributed by atoms with van der Waals surface area (Å²) >= 11 is 1.31. The van der Waals surface area contributed by atoms with Crippen molar-refractivity contribution in [3.8, 4) is 0 Å². The first-order chi connectivity index (χ1) is 15.5. The number of thioether (sulfide) groups is 1. The summed E-state index contributed by atoms with van der Waals surface area (Å²) in [5.74, 6) is -0.496. The smallest absolute Gasteiger partial charge is 0.416 e. The highest BCUT2D eigenvalue weighted by atomic mass is 32.2. The average molecular weight is 482 g/mol. The Morgan fingerprint density at radius 2 is 1.91 bits per heavy atom. The summed E-state index contributed by atoms with van der Waals surface area (Å²) in [5, 5.41) is 5.20. The summed E-state index contributed by atoms with van der Waals surface area (Å²) in [5.41, 5.74) is 0.953. The molecule has 0 aliphatic carbocycles. The number of esters is 1. The molecule has 0 aromatic heterocycles. The Hall–Kier alpha value is -2.75. The summed E-state index contributed by atoms with van der Waals surface area (Å²) in [6.07, 6.45) is -4.43. The third-order valence-corrected chi connectivity index (χ3v) is 5.99. The van der Waals surface area contributed by atoms with Gasteiger partial charge in [-0.2, -0.15) is 13.2 Å². The van der Waals surface area contributed by atoms with Crippen LogP contribution in [0.3, 0.4) is 0 Å². The summed E-state index contributed by atoms with van der Waals surface area (Å²) in [6.45, 7) is 7.98. The first-order valence-electron chi connectivity index (χ1n) is 10.6. The van der Waals surface area contributed by atoms with E-state index in [0.29, 0.717) is 28.7 Å². The summed E-state index contributed by atoms with van der Waals surface area (Å²) < 4.78 is 44.6. The summed E-state index contributed by atoms with van der Waals surface area (Å²) in [6, 6.07) is 3.91. The molecular formula is C23H26F3N3O3S. The number of benzene rings is 1. The highest BCUT2D eigenvalue weighted by Crippen LogP contribution is 2.45. The minimum Gasteiger partial charge on any atom is -0.463 e. The van der Waals surface area contributed by atoms with E-state index in [1.54, 1.807) is 24.2 Å². The number of allylic oxidation sites excluding steroid dienone is 1. The lowest BCUT2D eigenvalue weighted by atomic mass is 9.93. The van der Waals surface area contributed by atoms with Gasteiger partial charge in [-0.3, -0.25) is 4.79 Å². The van der Waals surface area contributed by atoms with Crippen LogP contribution in [0, 0.1) is 5.92 Å². The first kappa shape index (κ1) is 24.9. The van der Waals surface area contributed by atoms with Crippen molar-refractivity contribution in [3.63, 3.8) is 0 Å². The molecule has 0 bridgehead atoms. The van der Waals surface area contributed by atoms with E-state index in [-0.39, 0.29) is 30.4 Å². The van der Waals surface area contributed by atoms with Gasteiger partial charge in [-0.25, -0.2) is 9.79 Å². The van der Waals surface area contributed by atoms with Gasteiger partial charge in [0.2, 0.25) is 5.91 Å². The van der Waals surface area contributed by atoms with Crippen LogP contribution in [0.25, 0.3) is 0 Å². The number of alkyl halides is 3. The van der Waals surface area contributed by atoms with Crippen molar-refractivity contribution in [2.45, 2.75) is 46.3 Å². The maximum absolute atomic E-state index is 13.1. The second-order valence-electron chi connectivity index (χ2n) is 8.11. The molecule has 0 fully saturated rings. The molecule has 1 aromatic carbocycles. The van der Waals surface area contributed by atoms with Gasteiger partial charge in [0.1, 0.15) is 0 Å². The summed E-state index contributed by atoms with van der Waals surface area (Å²) in [7, 11) is 0. The number of carbonyl (C=O) groups excluding carboxylic acids is 2. The van der Waals surface area contributed by atoms with E-state index < -0.39 is 23.8 Å². The normalized spacial score (nSPS) is 18.2. The number of carbonyl (C=O) groups is 2. The van der Waals surface area contributed by atoms with Crippen molar-refractivity contribution >= 4 is 28.8 Å². The molecule has 0 spiro atoms. The third-order valence-electron chi connectivity index (χ3n) is 5.10. The number of hydrogen-bond donors (Lipinski definition) is 1. The van der Waals surface area contributed by atoms with Gasteiger partial charge in [0, 0.05) is 12.2 Å². The van der Waals surface area contributed by atoms with Gasteiger partial charge in [-0.1, -0.05) is 37.7 Å². The van der Waals surface area contributed by atoms with Crippen molar-refractivity contribution in [1.82, 2.24) is 10.2 Å². The van der Waals surface area contributed by atoms with Crippen LogP contribution in [0.1, 0.15) is 51.3 Å². The molecule has 0 saturated heterocycles. The Morgan fingerprint density at radius 3 is 2.48 bits per heavy atom. The van der Waals surface area contributed by atoms with Crippen LogP contribution in [0.15, 0.2) is 51.6 Å². The zero-order valence-electron chi connectivity index (χ0n) is 18.8. The van der Waals surface area contributed by atoms with Gasteiger partial charge >= 0.3 is 12.1 Å². The lowest BCUT2D eigenvalue weighted by molar-refractivity contribution is -0.139. The molecule has 178 valence electrons. The van der Waals surface area contributed by atoms with Crippen LogP contribution in [-0.2, 0) is 20.5 Å². The quantitative estimate of drug-likeness (QED) is 0.555. The predicted molar refractivity (Wildman–Crippen MR) is 121 cm³/mol. The van der Waals surface area contributed by atoms with Crippen LogP contribution >= 0.6 is 11.8 Å². The Morgan fingerprint density at radius 1 is 1.24 bits per heavy atom. The number of fused-ring (bicyclic) bond motifs is 1. The Bertz CT molecular complexity index is 1010. The van der Waals surface area contributed by atoms with E-state index in [9.17, 15) is 22.8 Å². The molecule has 0 saturated carbocycles. The number of hydrogen-bond acceptors (Lipinski definition) is 6. The summed E-state index contributed by atoms with van der Waals surface area (Å²) in [4.78, 5) is 31.6. The van der Waals surface area contributed by atoms with Crippen molar-refractivity contribution in [3.05, 3.63) is 57.8 Å². The molecule has 1 atom stereocenters. The second kappa shape index (κ2) is 10.0. The Labute approximate surface area is 195 Å². The first-order valence-corrected chi connectivity index (χ1v) is 11.5. The average Bonchev–Trinajstić information content (AvgIpc) is 3.12. The predicted octanol–water partition coefficient (Wildman–Crippen LogP) is 5.01. The van der Waals surface area contributed by atoms with Crippen molar-refractivity contribution in [2.75, 3.05) is 13.2 Å². The van der Waals surface area contributed by atoms with Crippen molar-refractivity contribution in [2.24, 2.45) is 10.9 Å². The molecule has 2 heterocycles. The van der Waals surface area contributed by atoms with Gasteiger partial charge in [0.25, 0.3) is 0 Å². The maximum Gasteiger partial charge on any atom is 0.416 e. The van der Waals surface area contributed by atoms with E-state index in [4.69, 9.17) is 4.74 Å². The SMILES string of the molecule is CCOC(=O)C1=C(C)N=C2SC=C(CC(=O)NCC(C)C)N2C1c1ccc(C(F)(F)F)cc1. The van der Waals surface area contributed by atoms with E-state index >= 15 is 0 Å². The highest BCUT2D eigenvalue weighted by Gasteiger charge is 2.41. The molecule has 1 N–H and O–H groups in total. The number of amides is 1. The van der Waals surface area contributed by atoms with E-state index in [1.807, 2.05) is 13.8 Å². The number of amidine groups is 1. The van der Waals surface area contributed by atoms with Crippen LogP contribution < -0.4 is 5.32 Å². The third kappa shape index (κ3) is 5.61. The van der Waals surface area contributed by atoms with Crippen LogP contribution in [0.2, 0.25) is 0 Å². The fourth-order valence-electron chi connectivity index (χ4n) is 3.55. The molecular weight excluding hydrogens is 455 g/mol. The monoisotopic (exact) mass is 481 g/mol. The molecule has 10 heteroatoms. The van der Waals surface area contributed by atoms with Crippen molar-refractivity contribution in [1.29, 1.82) is 0 Å². The number of halogens is 3. The zero-order chi connectivity index (χ0) is 24.3. The van der Waals surface area contributed by atoms with Gasteiger partial charge in [-0.15, -0.1) is 0 Å². The van der Waals surface area contributed by atoms with Gasteiger partial charge in [0.05, 0.1) is 35.9 Å². The lowest BCUT2D eigenvalue weighted by Crippen LogP contribution is -2.38. The van der Waals surface area contributed by atoms with Gasteiger partial charge in [0.15, 0.2) is 5.17 Å². The zero-order valence-corrected chi connectivity index (χ0v) is 19.6. The molecule has 1 unspecified atom stereocenters. The molecule has 33 heavy (non-hydrogen) atoms.